The van der Waals surface area contributed by atoms with Gasteiger partial charge in [-0.1, -0.05) is 13.8 Å². The largest absolute Gasteiger partial charge is 0.300 e. The van der Waals surface area contributed by atoms with Crippen molar-refractivity contribution in [2.24, 2.45) is 29.1 Å². The second-order valence-electron chi connectivity index (χ2n) is 6.30. The molecule has 14 heavy (non-hydrogen) atoms. The summed E-state index contributed by atoms with van der Waals surface area (Å²) < 4.78 is 0. The maximum absolute atomic E-state index is 11.5. The molecule has 4 atom stereocenters. The summed E-state index contributed by atoms with van der Waals surface area (Å²) in [6.45, 7) is 4.84. The van der Waals surface area contributed by atoms with Crippen molar-refractivity contribution < 1.29 is 4.79 Å². The molecule has 4 aliphatic rings. The molecule has 0 radical (unpaired) electrons. The molecule has 2 bridgehead atoms. The molecule has 0 amide bonds. The molecule has 0 spiro atoms. The highest BCUT2D eigenvalue weighted by Gasteiger charge is 2.58. The van der Waals surface area contributed by atoms with E-state index in [0.717, 1.165) is 36.5 Å². The SMILES string of the molecule is CC1(C)[C@H]2C[C@H]3CCC(=O)C[C@H]3[C@@H]1C2. The fourth-order valence-corrected chi connectivity index (χ4v) is 4.40. The molecule has 0 heterocycles. The fourth-order valence-electron chi connectivity index (χ4n) is 4.40. The van der Waals surface area contributed by atoms with Crippen molar-refractivity contribution in [3.05, 3.63) is 0 Å². The predicted octanol–water partition coefficient (Wildman–Crippen LogP) is 3.04. The lowest BCUT2D eigenvalue weighted by Crippen LogP contribution is -2.56. The number of hydrogen-bond donors (Lipinski definition) is 0. The third kappa shape index (κ3) is 0.988. The van der Waals surface area contributed by atoms with Crippen LogP contribution in [0, 0.1) is 29.1 Å². The molecule has 78 valence electrons. The van der Waals surface area contributed by atoms with Gasteiger partial charge >= 0.3 is 0 Å². The van der Waals surface area contributed by atoms with Gasteiger partial charge in [0.2, 0.25) is 0 Å². The van der Waals surface area contributed by atoms with E-state index in [1.54, 1.807) is 0 Å². The standard InChI is InChI=1S/C13H20O/c1-13(2)9-5-8-3-4-10(14)7-11(8)12(13)6-9/h8-9,11-12H,3-7H2,1-2H3/t8-,9+,11-,12+/m1/s1. The normalized spacial score (nSPS) is 49.4. The van der Waals surface area contributed by atoms with Gasteiger partial charge in [-0.05, 0) is 48.3 Å². The van der Waals surface area contributed by atoms with Crippen LogP contribution in [-0.2, 0) is 4.79 Å². The van der Waals surface area contributed by atoms with Crippen LogP contribution in [0.2, 0.25) is 0 Å². The summed E-state index contributed by atoms with van der Waals surface area (Å²) in [6, 6.07) is 0. The van der Waals surface area contributed by atoms with Gasteiger partial charge in [0.25, 0.3) is 0 Å². The Bertz CT molecular complexity index is 279. The summed E-state index contributed by atoms with van der Waals surface area (Å²) in [4.78, 5) is 11.5. The highest BCUT2D eigenvalue weighted by Crippen LogP contribution is 2.65. The molecule has 0 N–H and O–H groups in total. The number of carbonyl (C=O) groups excluding carboxylic acids is 1. The van der Waals surface area contributed by atoms with Crippen molar-refractivity contribution >= 4 is 5.78 Å². The lowest BCUT2D eigenvalue weighted by Gasteiger charge is -2.63. The summed E-state index contributed by atoms with van der Waals surface area (Å²) in [7, 11) is 0. The van der Waals surface area contributed by atoms with Gasteiger partial charge < -0.3 is 0 Å². The third-order valence-electron chi connectivity index (χ3n) is 5.51. The van der Waals surface area contributed by atoms with Crippen molar-refractivity contribution in [2.75, 3.05) is 0 Å². The predicted molar refractivity (Wildman–Crippen MR) is 55.8 cm³/mol. The van der Waals surface area contributed by atoms with Crippen LogP contribution in [0.15, 0.2) is 0 Å². The van der Waals surface area contributed by atoms with Crippen molar-refractivity contribution in [1.29, 1.82) is 0 Å². The molecular formula is C13H20O. The van der Waals surface area contributed by atoms with Gasteiger partial charge in [0, 0.05) is 12.8 Å². The van der Waals surface area contributed by atoms with Crippen LogP contribution in [0.5, 0.6) is 0 Å². The van der Waals surface area contributed by atoms with E-state index < -0.39 is 0 Å². The Balaban J connectivity index is 1.84. The smallest absolute Gasteiger partial charge is 0.133 e. The highest BCUT2D eigenvalue weighted by molar-refractivity contribution is 5.79. The molecule has 4 aliphatic carbocycles. The van der Waals surface area contributed by atoms with Gasteiger partial charge in [-0.2, -0.15) is 0 Å². The number of carbonyl (C=O) groups is 1. The summed E-state index contributed by atoms with van der Waals surface area (Å²) in [5.41, 5.74) is 0.554. The lowest BCUT2D eigenvalue weighted by molar-refractivity contribution is -0.155. The maximum Gasteiger partial charge on any atom is 0.133 e. The fraction of sp³-hybridized carbons (Fsp3) is 0.923. The lowest BCUT2D eigenvalue weighted by atomic mass is 9.41. The van der Waals surface area contributed by atoms with Crippen molar-refractivity contribution in [2.45, 2.75) is 46.0 Å². The van der Waals surface area contributed by atoms with Crippen molar-refractivity contribution in [3.8, 4) is 0 Å². The monoisotopic (exact) mass is 192 g/mol. The average Bonchev–Trinajstić information content (AvgIpc) is 2.16. The second kappa shape index (κ2) is 2.62. The first kappa shape index (κ1) is 8.94. The van der Waals surface area contributed by atoms with E-state index in [-0.39, 0.29) is 0 Å². The van der Waals surface area contributed by atoms with Crippen molar-refractivity contribution in [3.63, 3.8) is 0 Å². The quantitative estimate of drug-likeness (QED) is 0.576. The number of Topliss-reactive ketones (excluding diaryl/α,β-unsaturated/α-hetero) is 1. The molecule has 0 aliphatic heterocycles. The summed E-state index contributed by atoms with van der Waals surface area (Å²) >= 11 is 0. The maximum atomic E-state index is 11.5. The molecule has 4 fully saturated rings. The van der Waals surface area contributed by atoms with Crippen LogP contribution < -0.4 is 0 Å². The Morgan fingerprint density at radius 3 is 2.79 bits per heavy atom. The highest BCUT2D eigenvalue weighted by atomic mass is 16.1. The Morgan fingerprint density at radius 1 is 1.29 bits per heavy atom. The van der Waals surface area contributed by atoms with Gasteiger partial charge in [0.05, 0.1) is 0 Å². The van der Waals surface area contributed by atoms with Crippen LogP contribution in [0.1, 0.15) is 46.0 Å². The van der Waals surface area contributed by atoms with Crippen LogP contribution in [-0.4, -0.2) is 5.78 Å². The van der Waals surface area contributed by atoms with E-state index in [0.29, 0.717) is 11.2 Å². The zero-order valence-corrected chi connectivity index (χ0v) is 9.25. The summed E-state index contributed by atoms with van der Waals surface area (Å²) in [6.07, 6.45) is 5.82. The van der Waals surface area contributed by atoms with E-state index in [4.69, 9.17) is 0 Å². The van der Waals surface area contributed by atoms with Gasteiger partial charge in [-0.3, -0.25) is 4.79 Å². The van der Waals surface area contributed by atoms with Crippen molar-refractivity contribution in [1.82, 2.24) is 0 Å². The van der Waals surface area contributed by atoms with E-state index in [9.17, 15) is 4.79 Å². The van der Waals surface area contributed by atoms with E-state index in [1.807, 2.05) is 0 Å². The van der Waals surface area contributed by atoms with Crippen LogP contribution in [0.4, 0.5) is 0 Å². The molecule has 4 saturated carbocycles. The Morgan fingerprint density at radius 2 is 2.07 bits per heavy atom. The average molecular weight is 192 g/mol. The number of hydrogen-bond acceptors (Lipinski definition) is 1. The van der Waals surface area contributed by atoms with Crippen LogP contribution in [0.3, 0.4) is 0 Å². The van der Waals surface area contributed by atoms with Crippen LogP contribution >= 0.6 is 0 Å². The molecule has 1 nitrogen and oxygen atoms in total. The topological polar surface area (TPSA) is 17.1 Å². The Labute approximate surface area is 86.3 Å². The first-order valence-corrected chi connectivity index (χ1v) is 6.10. The molecule has 0 aromatic carbocycles. The minimum atomic E-state index is 0.535. The molecule has 4 rings (SSSR count). The van der Waals surface area contributed by atoms with E-state index in [1.165, 1.54) is 19.3 Å². The van der Waals surface area contributed by atoms with Crippen LogP contribution in [0.25, 0.3) is 0 Å². The van der Waals surface area contributed by atoms with Gasteiger partial charge in [0.15, 0.2) is 0 Å². The van der Waals surface area contributed by atoms with E-state index in [2.05, 4.69) is 13.8 Å². The number of ketones is 1. The first-order valence-electron chi connectivity index (χ1n) is 6.10. The molecule has 0 unspecified atom stereocenters. The Kier molecular flexibility index (Phi) is 1.67. The van der Waals surface area contributed by atoms with Gasteiger partial charge in [-0.25, -0.2) is 0 Å². The van der Waals surface area contributed by atoms with Gasteiger partial charge in [0.1, 0.15) is 5.78 Å². The Hall–Kier alpha value is -0.330. The molecular weight excluding hydrogens is 172 g/mol. The zero-order chi connectivity index (χ0) is 9.92. The first-order chi connectivity index (χ1) is 6.59. The van der Waals surface area contributed by atoms with Gasteiger partial charge in [-0.15, -0.1) is 0 Å². The summed E-state index contributed by atoms with van der Waals surface area (Å²) in [5.74, 6) is 4.05. The third-order valence-corrected chi connectivity index (χ3v) is 5.51. The summed E-state index contributed by atoms with van der Waals surface area (Å²) in [5, 5.41) is 0. The van der Waals surface area contributed by atoms with E-state index >= 15 is 0 Å². The minimum Gasteiger partial charge on any atom is -0.300 e. The molecule has 0 aromatic rings. The molecule has 0 aromatic heterocycles. The molecule has 1 heteroatoms. The molecule has 0 saturated heterocycles. The zero-order valence-electron chi connectivity index (χ0n) is 9.25. The second-order valence-corrected chi connectivity index (χ2v) is 6.30. The minimum absolute atomic E-state index is 0.535. The number of rotatable bonds is 0.